The fourth-order valence-corrected chi connectivity index (χ4v) is 1.80. The van der Waals surface area contributed by atoms with Crippen molar-refractivity contribution < 1.29 is 5.11 Å². The van der Waals surface area contributed by atoms with Gasteiger partial charge in [-0.1, -0.05) is 44.2 Å². The summed E-state index contributed by atoms with van der Waals surface area (Å²) in [5, 5.41) is 9.34. The Morgan fingerprint density at radius 3 is 2.47 bits per heavy atom. The molecule has 0 bridgehead atoms. The Bertz CT molecular complexity index is 260. The largest absolute Gasteiger partial charge is 0.392 e. The van der Waals surface area contributed by atoms with Crippen molar-refractivity contribution in [3.8, 4) is 0 Å². The molecule has 1 aromatic carbocycles. The second kappa shape index (κ2) is 6.59. The fraction of sp³-hybridized carbons (Fsp3) is 0.538. The van der Waals surface area contributed by atoms with Crippen LogP contribution in [-0.4, -0.2) is 29.2 Å². The second-order valence-corrected chi connectivity index (χ2v) is 3.66. The zero-order valence-corrected chi connectivity index (χ0v) is 9.69. The van der Waals surface area contributed by atoms with Crippen molar-refractivity contribution in [3.05, 3.63) is 35.9 Å². The molecule has 0 aliphatic carbocycles. The standard InChI is InChI=1S/C11H15NO.C2H6/c13-11-6-7-12(9-11)8-10-4-2-1-3-5-10;1-2/h1-5,11,13H,6-9H2;1-2H3/t11-;/m1./s1. The van der Waals surface area contributed by atoms with Crippen LogP contribution in [0.2, 0.25) is 0 Å². The van der Waals surface area contributed by atoms with Gasteiger partial charge in [-0.05, 0) is 12.0 Å². The minimum atomic E-state index is -0.108. The minimum absolute atomic E-state index is 0.108. The van der Waals surface area contributed by atoms with Crippen LogP contribution in [0, 0.1) is 0 Å². The molecule has 2 heteroatoms. The number of β-amino-alcohol motifs (C(OH)–C–C–N with tert-alkyl or cyclic N) is 1. The van der Waals surface area contributed by atoms with E-state index in [-0.39, 0.29) is 6.10 Å². The summed E-state index contributed by atoms with van der Waals surface area (Å²) in [5.41, 5.74) is 1.33. The van der Waals surface area contributed by atoms with Gasteiger partial charge in [0.15, 0.2) is 0 Å². The summed E-state index contributed by atoms with van der Waals surface area (Å²) in [4.78, 5) is 2.29. The third-order valence-corrected chi connectivity index (χ3v) is 2.50. The van der Waals surface area contributed by atoms with E-state index >= 15 is 0 Å². The van der Waals surface area contributed by atoms with Gasteiger partial charge in [0, 0.05) is 19.6 Å². The van der Waals surface area contributed by atoms with Crippen molar-refractivity contribution >= 4 is 0 Å². The number of benzene rings is 1. The lowest BCUT2D eigenvalue weighted by Crippen LogP contribution is -2.21. The van der Waals surface area contributed by atoms with Crippen molar-refractivity contribution in [2.24, 2.45) is 0 Å². The van der Waals surface area contributed by atoms with Gasteiger partial charge in [-0.3, -0.25) is 4.90 Å². The lowest BCUT2D eigenvalue weighted by Gasteiger charge is -2.14. The van der Waals surface area contributed by atoms with E-state index in [1.165, 1.54) is 5.56 Å². The molecule has 15 heavy (non-hydrogen) atoms. The van der Waals surface area contributed by atoms with Gasteiger partial charge in [-0.15, -0.1) is 0 Å². The van der Waals surface area contributed by atoms with Crippen LogP contribution in [0.4, 0.5) is 0 Å². The van der Waals surface area contributed by atoms with Gasteiger partial charge in [0.05, 0.1) is 6.10 Å². The molecule has 1 aromatic rings. The lowest BCUT2D eigenvalue weighted by atomic mass is 10.2. The molecule has 0 aromatic heterocycles. The first-order chi connectivity index (χ1) is 7.34. The normalized spacial score (nSPS) is 20.9. The molecule has 1 fully saturated rings. The van der Waals surface area contributed by atoms with Gasteiger partial charge in [0.2, 0.25) is 0 Å². The number of hydrogen-bond acceptors (Lipinski definition) is 2. The van der Waals surface area contributed by atoms with E-state index in [4.69, 9.17) is 0 Å². The molecule has 1 atom stereocenters. The molecule has 1 aliphatic heterocycles. The topological polar surface area (TPSA) is 23.5 Å². The van der Waals surface area contributed by atoms with Crippen LogP contribution in [0.3, 0.4) is 0 Å². The second-order valence-electron chi connectivity index (χ2n) is 3.66. The lowest BCUT2D eigenvalue weighted by molar-refractivity contribution is 0.175. The van der Waals surface area contributed by atoms with Gasteiger partial charge < -0.3 is 5.11 Å². The van der Waals surface area contributed by atoms with Crippen LogP contribution in [0.25, 0.3) is 0 Å². The molecule has 1 saturated heterocycles. The zero-order valence-electron chi connectivity index (χ0n) is 9.69. The van der Waals surface area contributed by atoms with Crippen LogP contribution in [-0.2, 0) is 6.54 Å². The summed E-state index contributed by atoms with van der Waals surface area (Å²) in [6.07, 6.45) is 0.816. The highest BCUT2D eigenvalue weighted by Crippen LogP contribution is 2.12. The van der Waals surface area contributed by atoms with Crippen LogP contribution in [0.15, 0.2) is 30.3 Å². The van der Waals surface area contributed by atoms with Gasteiger partial charge in [0.1, 0.15) is 0 Å². The van der Waals surface area contributed by atoms with Crippen LogP contribution in [0.1, 0.15) is 25.8 Å². The van der Waals surface area contributed by atoms with E-state index in [0.717, 1.165) is 26.1 Å². The van der Waals surface area contributed by atoms with E-state index in [2.05, 4.69) is 29.2 Å². The molecule has 0 spiro atoms. The molecule has 1 aliphatic rings. The van der Waals surface area contributed by atoms with Gasteiger partial charge >= 0.3 is 0 Å². The highest BCUT2D eigenvalue weighted by molar-refractivity contribution is 5.14. The molecular formula is C13H21NO. The summed E-state index contributed by atoms with van der Waals surface area (Å²) in [6.45, 7) is 6.82. The van der Waals surface area contributed by atoms with E-state index in [0.29, 0.717) is 0 Å². The van der Waals surface area contributed by atoms with Gasteiger partial charge in [-0.25, -0.2) is 0 Å². The first kappa shape index (κ1) is 12.2. The fourth-order valence-electron chi connectivity index (χ4n) is 1.80. The Labute approximate surface area is 92.5 Å². The molecule has 2 rings (SSSR count). The smallest absolute Gasteiger partial charge is 0.0679 e. The predicted molar refractivity (Wildman–Crippen MR) is 63.7 cm³/mol. The van der Waals surface area contributed by atoms with Crippen molar-refractivity contribution in [3.63, 3.8) is 0 Å². The predicted octanol–water partition coefficient (Wildman–Crippen LogP) is 2.28. The summed E-state index contributed by atoms with van der Waals surface area (Å²) in [7, 11) is 0. The van der Waals surface area contributed by atoms with Crippen LogP contribution in [0.5, 0.6) is 0 Å². The average Bonchev–Trinajstić information content (AvgIpc) is 2.68. The average molecular weight is 207 g/mol. The summed E-state index contributed by atoms with van der Waals surface area (Å²) < 4.78 is 0. The summed E-state index contributed by atoms with van der Waals surface area (Å²) in [6, 6.07) is 10.4. The van der Waals surface area contributed by atoms with E-state index in [9.17, 15) is 5.11 Å². The first-order valence-electron chi connectivity index (χ1n) is 5.79. The highest BCUT2D eigenvalue weighted by atomic mass is 16.3. The third kappa shape index (κ3) is 4.02. The molecule has 1 N–H and O–H groups in total. The van der Waals surface area contributed by atoms with Gasteiger partial charge in [0.25, 0.3) is 0 Å². The Morgan fingerprint density at radius 1 is 1.27 bits per heavy atom. The van der Waals surface area contributed by atoms with Crippen molar-refractivity contribution in [1.82, 2.24) is 4.90 Å². The molecule has 0 radical (unpaired) electrons. The zero-order chi connectivity index (χ0) is 11.1. The van der Waals surface area contributed by atoms with Crippen molar-refractivity contribution in [2.75, 3.05) is 13.1 Å². The monoisotopic (exact) mass is 207 g/mol. The van der Waals surface area contributed by atoms with Gasteiger partial charge in [-0.2, -0.15) is 0 Å². The molecule has 1 heterocycles. The summed E-state index contributed by atoms with van der Waals surface area (Å²) in [5.74, 6) is 0. The quantitative estimate of drug-likeness (QED) is 0.804. The number of aliphatic hydroxyl groups excluding tert-OH is 1. The molecule has 0 amide bonds. The molecular weight excluding hydrogens is 186 g/mol. The Hall–Kier alpha value is -0.860. The number of rotatable bonds is 2. The minimum Gasteiger partial charge on any atom is -0.392 e. The Kier molecular flexibility index (Phi) is 5.37. The summed E-state index contributed by atoms with van der Waals surface area (Å²) >= 11 is 0. The van der Waals surface area contributed by atoms with Crippen LogP contribution < -0.4 is 0 Å². The number of likely N-dealkylation sites (tertiary alicyclic amines) is 1. The SMILES string of the molecule is CC.O[C@@H]1CCN(Cc2ccccc2)C1. The van der Waals surface area contributed by atoms with E-state index < -0.39 is 0 Å². The first-order valence-corrected chi connectivity index (χ1v) is 5.79. The third-order valence-electron chi connectivity index (χ3n) is 2.50. The molecule has 2 nitrogen and oxygen atoms in total. The molecule has 84 valence electrons. The van der Waals surface area contributed by atoms with E-state index in [1.54, 1.807) is 0 Å². The maximum Gasteiger partial charge on any atom is 0.0679 e. The number of nitrogens with zero attached hydrogens (tertiary/aromatic N) is 1. The number of hydrogen-bond donors (Lipinski definition) is 1. The highest BCUT2D eigenvalue weighted by Gasteiger charge is 2.19. The maximum absolute atomic E-state index is 9.34. The maximum atomic E-state index is 9.34. The molecule has 0 unspecified atom stereocenters. The molecule has 0 saturated carbocycles. The van der Waals surface area contributed by atoms with Crippen LogP contribution >= 0.6 is 0 Å². The Morgan fingerprint density at radius 2 is 1.93 bits per heavy atom. The van der Waals surface area contributed by atoms with Crippen molar-refractivity contribution in [1.29, 1.82) is 0 Å². The van der Waals surface area contributed by atoms with Crippen molar-refractivity contribution in [2.45, 2.75) is 32.9 Å². The Balaban J connectivity index is 0.000000531. The van der Waals surface area contributed by atoms with E-state index in [1.807, 2.05) is 19.9 Å². The number of aliphatic hydroxyl groups is 1.